The van der Waals surface area contributed by atoms with E-state index in [2.05, 4.69) is 19.2 Å². The minimum atomic E-state index is -0.273. The van der Waals surface area contributed by atoms with Gasteiger partial charge in [-0.25, -0.2) is 4.39 Å². The molecule has 1 aromatic rings. The largest absolute Gasteiger partial charge is 0.379 e. The molecule has 0 saturated carbocycles. The van der Waals surface area contributed by atoms with Crippen molar-refractivity contribution in [2.75, 3.05) is 5.32 Å². The zero-order chi connectivity index (χ0) is 12.0. The fourth-order valence-corrected chi connectivity index (χ4v) is 2.04. The van der Waals surface area contributed by atoms with Gasteiger partial charge < -0.3 is 5.32 Å². The summed E-state index contributed by atoms with van der Waals surface area (Å²) in [7, 11) is 0. The van der Waals surface area contributed by atoms with Crippen molar-refractivity contribution in [3.63, 3.8) is 0 Å². The Morgan fingerprint density at radius 2 is 1.88 bits per heavy atom. The van der Waals surface area contributed by atoms with Crippen LogP contribution in [0.5, 0.6) is 0 Å². The monoisotopic (exact) mass is 243 g/mol. The molecule has 0 aromatic heterocycles. The summed E-state index contributed by atoms with van der Waals surface area (Å²) in [5.74, 6) is -0.273. The number of anilines is 1. The molecule has 0 fully saturated rings. The van der Waals surface area contributed by atoms with Crippen LogP contribution >= 0.6 is 11.6 Å². The number of rotatable bonds is 6. The quantitative estimate of drug-likeness (QED) is 0.752. The number of benzene rings is 1. The second-order valence-electron chi connectivity index (χ2n) is 4.02. The van der Waals surface area contributed by atoms with Crippen molar-refractivity contribution in [2.45, 2.75) is 45.6 Å². The lowest BCUT2D eigenvalue weighted by atomic mass is 10.1. The minimum absolute atomic E-state index is 0.273. The van der Waals surface area contributed by atoms with Crippen LogP contribution < -0.4 is 5.32 Å². The Hall–Kier alpha value is -0.760. The molecular weight excluding hydrogens is 225 g/mol. The smallest absolute Gasteiger partial charge is 0.147 e. The zero-order valence-corrected chi connectivity index (χ0v) is 10.6. The molecule has 0 saturated heterocycles. The Bertz CT molecular complexity index is 301. The van der Waals surface area contributed by atoms with E-state index in [1.807, 2.05) is 0 Å². The first-order valence-electron chi connectivity index (χ1n) is 5.89. The van der Waals surface area contributed by atoms with Crippen molar-refractivity contribution < 1.29 is 4.39 Å². The maximum Gasteiger partial charge on any atom is 0.147 e. The molecule has 0 unspecified atom stereocenters. The zero-order valence-electron chi connectivity index (χ0n) is 9.89. The normalized spacial score (nSPS) is 10.8. The van der Waals surface area contributed by atoms with Gasteiger partial charge in [0.05, 0.1) is 10.7 Å². The van der Waals surface area contributed by atoms with E-state index in [-0.39, 0.29) is 5.82 Å². The third-order valence-electron chi connectivity index (χ3n) is 2.59. The molecule has 0 spiro atoms. The molecule has 3 heteroatoms. The van der Waals surface area contributed by atoms with Crippen molar-refractivity contribution in [3.8, 4) is 0 Å². The van der Waals surface area contributed by atoms with E-state index in [4.69, 9.17) is 11.6 Å². The van der Waals surface area contributed by atoms with E-state index in [1.165, 1.54) is 6.07 Å². The molecule has 0 aliphatic carbocycles. The van der Waals surface area contributed by atoms with E-state index < -0.39 is 0 Å². The summed E-state index contributed by atoms with van der Waals surface area (Å²) < 4.78 is 13.5. The summed E-state index contributed by atoms with van der Waals surface area (Å²) in [5.41, 5.74) is 0.441. The summed E-state index contributed by atoms with van der Waals surface area (Å²) in [6.07, 6.45) is 4.25. The predicted octanol–water partition coefficient (Wildman–Crippen LogP) is 4.86. The summed E-state index contributed by atoms with van der Waals surface area (Å²) >= 11 is 5.97. The van der Waals surface area contributed by atoms with Gasteiger partial charge in [-0.3, -0.25) is 0 Å². The van der Waals surface area contributed by atoms with Crippen molar-refractivity contribution in [2.24, 2.45) is 0 Å². The van der Waals surface area contributed by atoms with Crippen LogP contribution in [0.4, 0.5) is 10.1 Å². The highest BCUT2D eigenvalue weighted by molar-refractivity contribution is 6.33. The van der Waals surface area contributed by atoms with E-state index >= 15 is 0 Å². The fraction of sp³-hybridized carbons (Fsp3) is 0.538. The first-order valence-corrected chi connectivity index (χ1v) is 6.27. The first-order chi connectivity index (χ1) is 7.69. The summed E-state index contributed by atoms with van der Waals surface area (Å²) in [4.78, 5) is 0. The molecule has 1 aromatic carbocycles. The van der Waals surface area contributed by atoms with Crippen LogP contribution in [0.2, 0.25) is 5.02 Å². The van der Waals surface area contributed by atoms with Crippen LogP contribution in [0.15, 0.2) is 18.2 Å². The summed E-state index contributed by atoms with van der Waals surface area (Å²) in [5, 5.41) is 3.67. The molecule has 1 N–H and O–H groups in total. The lowest BCUT2D eigenvalue weighted by Gasteiger charge is -2.19. The van der Waals surface area contributed by atoms with Crippen LogP contribution in [-0.2, 0) is 0 Å². The topological polar surface area (TPSA) is 12.0 Å². The Kier molecular flexibility index (Phi) is 5.61. The van der Waals surface area contributed by atoms with E-state index in [0.29, 0.717) is 16.8 Å². The third kappa shape index (κ3) is 3.67. The van der Waals surface area contributed by atoms with Crippen molar-refractivity contribution in [3.05, 3.63) is 29.0 Å². The molecular formula is C13H19ClFN. The van der Waals surface area contributed by atoms with Gasteiger partial charge in [0.15, 0.2) is 0 Å². The highest BCUT2D eigenvalue weighted by Gasteiger charge is 2.12. The Labute approximate surface area is 102 Å². The highest BCUT2D eigenvalue weighted by Crippen LogP contribution is 2.26. The van der Waals surface area contributed by atoms with Crippen molar-refractivity contribution in [1.29, 1.82) is 0 Å². The second kappa shape index (κ2) is 6.74. The molecule has 0 aliphatic rings. The van der Waals surface area contributed by atoms with Crippen molar-refractivity contribution >= 4 is 17.3 Å². The predicted molar refractivity (Wildman–Crippen MR) is 68.6 cm³/mol. The van der Waals surface area contributed by atoms with Crippen LogP contribution in [0.3, 0.4) is 0 Å². The first kappa shape index (κ1) is 13.3. The molecule has 0 bridgehead atoms. The number of hydrogen-bond donors (Lipinski definition) is 1. The maximum absolute atomic E-state index is 13.5. The SMILES string of the molecule is CCCC(CCC)Nc1c(F)cccc1Cl. The lowest BCUT2D eigenvalue weighted by molar-refractivity contribution is 0.574. The Morgan fingerprint density at radius 1 is 1.25 bits per heavy atom. The van der Waals surface area contributed by atoms with Crippen LogP contribution in [0.1, 0.15) is 39.5 Å². The fourth-order valence-electron chi connectivity index (χ4n) is 1.83. The Morgan fingerprint density at radius 3 is 2.38 bits per heavy atom. The highest BCUT2D eigenvalue weighted by atomic mass is 35.5. The van der Waals surface area contributed by atoms with Gasteiger partial charge in [0, 0.05) is 6.04 Å². The third-order valence-corrected chi connectivity index (χ3v) is 2.90. The van der Waals surface area contributed by atoms with Gasteiger partial charge in [-0.1, -0.05) is 44.4 Å². The number of halogens is 2. The van der Waals surface area contributed by atoms with Gasteiger partial charge in [0.1, 0.15) is 5.82 Å². The molecule has 0 amide bonds. The van der Waals surface area contributed by atoms with E-state index in [0.717, 1.165) is 25.7 Å². The summed E-state index contributed by atoms with van der Waals surface area (Å²) in [6.45, 7) is 4.26. The summed E-state index contributed by atoms with van der Waals surface area (Å²) in [6, 6.07) is 5.08. The Balaban J connectivity index is 2.76. The maximum atomic E-state index is 13.5. The molecule has 90 valence electrons. The van der Waals surface area contributed by atoms with Crippen molar-refractivity contribution in [1.82, 2.24) is 0 Å². The second-order valence-corrected chi connectivity index (χ2v) is 4.42. The number of hydrogen-bond acceptors (Lipinski definition) is 1. The lowest BCUT2D eigenvalue weighted by Crippen LogP contribution is -2.19. The van der Waals surface area contributed by atoms with Gasteiger partial charge in [-0.2, -0.15) is 0 Å². The van der Waals surface area contributed by atoms with E-state index in [1.54, 1.807) is 12.1 Å². The standard InChI is InChI=1S/C13H19ClFN/c1-3-6-10(7-4-2)16-13-11(14)8-5-9-12(13)15/h5,8-10,16H,3-4,6-7H2,1-2H3. The molecule has 0 aliphatic heterocycles. The van der Waals surface area contributed by atoms with E-state index in [9.17, 15) is 4.39 Å². The average molecular weight is 244 g/mol. The number of para-hydroxylation sites is 1. The molecule has 0 radical (unpaired) electrons. The van der Waals surface area contributed by atoms with Gasteiger partial charge in [0.25, 0.3) is 0 Å². The van der Waals surface area contributed by atoms with Gasteiger partial charge in [-0.15, -0.1) is 0 Å². The van der Waals surface area contributed by atoms with Crippen LogP contribution in [0.25, 0.3) is 0 Å². The molecule has 0 atom stereocenters. The average Bonchev–Trinajstić information content (AvgIpc) is 2.24. The van der Waals surface area contributed by atoms with Crippen LogP contribution in [-0.4, -0.2) is 6.04 Å². The van der Waals surface area contributed by atoms with Crippen LogP contribution in [0, 0.1) is 5.82 Å². The minimum Gasteiger partial charge on any atom is -0.379 e. The van der Waals surface area contributed by atoms with Gasteiger partial charge in [-0.05, 0) is 25.0 Å². The van der Waals surface area contributed by atoms with Gasteiger partial charge in [0.2, 0.25) is 0 Å². The molecule has 1 nitrogen and oxygen atoms in total. The number of nitrogens with one attached hydrogen (secondary N) is 1. The molecule has 0 heterocycles. The van der Waals surface area contributed by atoms with Gasteiger partial charge >= 0.3 is 0 Å². The molecule has 16 heavy (non-hydrogen) atoms. The molecule has 1 rings (SSSR count).